The minimum absolute atomic E-state index is 0.0327. The number of ether oxygens (including phenoxy) is 3. The molecule has 1 amide bonds. The molecule has 2 bridgehead atoms. The van der Waals surface area contributed by atoms with Crippen molar-refractivity contribution in [1.82, 2.24) is 5.32 Å². The van der Waals surface area contributed by atoms with Gasteiger partial charge >= 0.3 is 11.9 Å². The number of rotatable bonds is 7. The topological polar surface area (TPSA) is 130 Å². The Morgan fingerprint density at radius 2 is 1.81 bits per heavy atom. The van der Waals surface area contributed by atoms with Gasteiger partial charge in [-0.2, -0.15) is 0 Å². The normalized spacial score (nSPS) is 38.2. The zero-order chi connectivity index (χ0) is 26.4. The van der Waals surface area contributed by atoms with Crippen molar-refractivity contribution in [2.24, 2.45) is 23.7 Å². The summed E-state index contributed by atoms with van der Waals surface area (Å²) in [4.78, 5) is 47.8. The Bertz CT molecular complexity index is 1040. The molecule has 1 saturated carbocycles. The first-order valence-electron chi connectivity index (χ1n) is 13.1. The van der Waals surface area contributed by atoms with Gasteiger partial charge in [-0.15, -0.1) is 0 Å². The standard InChI is InChI=1S/C27H35NO9/c1-15-4-9-20-16(2)24(34-25-27(20)19(15)12-13-26(3,35-25)36-37-27)33-22(30)11-10-21(29)28-14-17-5-7-18(8-6-17)23(31)32/h5-8,15-16,19-20,24-25H,4,9-14H2,1-3H3,(H,28,29)(H,31,32)/t15-,16+,19-,20+,24+,25-,26+,27-/m0/s1. The van der Waals surface area contributed by atoms with Crippen molar-refractivity contribution in [3.63, 3.8) is 0 Å². The van der Waals surface area contributed by atoms with Crippen LogP contribution < -0.4 is 5.32 Å². The van der Waals surface area contributed by atoms with E-state index in [2.05, 4.69) is 12.2 Å². The molecule has 8 atom stereocenters. The number of carbonyl (C=O) groups is 3. The summed E-state index contributed by atoms with van der Waals surface area (Å²) in [5.74, 6) is -2.15. The number of aromatic carboxylic acids is 1. The van der Waals surface area contributed by atoms with Gasteiger partial charge in [0.25, 0.3) is 0 Å². The van der Waals surface area contributed by atoms with Crippen LogP contribution in [0.2, 0.25) is 0 Å². The third kappa shape index (κ3) is 4.87. The smallest absolute Gasteiger partial charge is 0.335 e. The summed E-state index contributed by atoms with van der Waals surface area (Å²) >= 11 is 0. The fourth-order valence-corrected chi connectivity index (χ4v) is 6.46. The first-order valence-corrected chi connectivity index (χ1v) is 13.1. The average molecular weight is 518 g/mol. The lowest BCUT2D eigenvalue weighted by atomic mass is 9.58. The number of carbonyl (C=O) groups excluding carboxylic acids is 2. The number of esters is 1. The molecule has 4 saturated heterocycles. The van der Waals surface area contributed by atoms with Crippen LogP contribution in [-0.4, -0.2) is 46.9 Å². The molecule has 0 unspecified atom stereocenters. The summed E-state index contributed by atoms with van der Waals surface area (Å²) in [6, 6.07) is 6.24. The van der Waals surface area contributed by atoms with Gasteiger partial charge in [-0.05, 0) is 55.7 Å². The van der Waals surface area contributed by atoms with Crippen LogP contribution in [0.1, 0.15) is 75.2 Å². The predicted molar refractivity (Wildman–Crippen MR) is 127 cm³/mol. The maximum absolute atomic E-state index is 12.7. The van der Waals surface area contributed by atoms with Crippen molar-refractivity contribution in [3.05, 3.63) is 35.4 Å². The summed E-state index contributed by atoms with van der Waals surface area (Å²) in [7, 11) is 0. The van der Waals surface area contributed by atoms with E-state index >= 15 is 0 Å². The van der Waals surface area contributed by atoms with Crippen molar-refractivity contribution in [2.75, 3.05) is 0 Å². The van der Waals surface area contributed by atoms with Crippen LogP contribution in [0.5, 0.6) is 0 Å². The predicted octanol–water partition coefficient (Wildman–Crippen LogP) is 3.53. The second kappa shape index (κ2) is 9.98. The first-order chi connectivity index (χ1) is 17.6. The summed E-state index contributed by atoms with van der Waals surface area (Å²) in [5, 5.41) is 11.7. The number of carboxylic acids is 1. The summed E-state index contributed by atoms with van der Waals surface area (Å²) in [5.41, 5.74) is 0.215. The molecule has 37 heavy (non-hydrogen) atoms. The van der Waals surface area contributed by atoms with Crippen molar-refractivity contribution >= 4 is 17.8 Å². The Balaban J connectivity index is 1.16. The molecule has 1 spiro atoms. The van der Waals surface area contributed by atoms with Crippen LogP contribution in [0.15, 0.2) is 24.3 Å². The van der Waals surface area contributed by atoms with E-state index in [0.717, 1.165) is 24.8 Å². The Kier molecular flexibility index (Phi) is 7.04. The van der Waals surface area contributed by atoms with Gasteiger partial charge < -0.3 is 24.6 Å². The average Bonchev–Trinajstić information content (AvgIpc) is 3.10. The molecule has 10 nitrogen and oxygen atoms in total. The maximum Gasteiger partial charge on any atom is 0.335 e. The number of nitrogens with one attached hydrogen (secondary N) is 1. The van der Waals surface area contributed by atoms with Gasteiger partial charge in [0.1, 0.15) is 0 Å². The summed E-state index contributed by atoms with van der Waals surface area (Å²) < 4.78 is 18.3. The van der Waals surface area contributed by atoms with E-state index in [1.807, 2.05) is 13.8 Å². The first kappa shape index (κ1) is 26.1. The minimum atomic E-state index is -1.01. The molecule has 4 aliphatic heterocycles. The van der Waals surface area contributed by atoms with Gasteiger partial charge in [0.2, 0.25) is 18.0 Å². The molecule has 10 heteroatoms. The van der Waals surface area contributed by atoms with Crippen molar-refractivity contribution in [2.45, 2.75) is 89.8 Å². The number of benzene rings is 1. The molecule has 1 aliphatic carbocycles. The molecule has 1 aromatic carbocycles. The van der Waals surface area contributed by atoms with Gasteiger partial charge in [0.15, 0.2) is 11.9 Å². The number of carboxylic acid groups (broad SMARTS) is 1. The monoisotopic (exact) mass is 517 g/mol. The van der Waals surface area contributed by atoms with Crippen molar-refractivity contribution < 1.29 is 43.5 Å². The van der Waals surface area contributed by atoms with E-state index in [1.165, 1.54) is 12.1 Å². The van der Waals surface area contributed by atoms with Gasteiger partial charge in [-0.25, -0.2) is 14.6 Å². The minimum Gasteiger partial charge on any atom is -0.478 e. The fourth-order valence-electron chi connectivity index (χ4n) is 6.46. The van der Waals surface area contributed by atoms with Crippen molar-refractivity contribution in [1.29, 1.82) is 0 Å². The molecule has 4 heterocycles. The summed E-state index contributed by atoms with van der Waals surface area (Å²) in [6.45, 7) is 6.33. The van der Waals surface area contributed by atoms with E-state index in [0.29, 0.717) is 12.3 Å². The largest absolute Gasteiger partial charge is 0.478 e. The van der Waals surface area contributed by atoms with Gasteiger partial charge in [0.05, 0.1) is 12.0 Å². The third-order valence-corrected chi connectivity index (χ3v) is 8.59. The lowest BCUT2D eigenvalue weighted by molar-refractivity contribution is -0.576. The highest BCUT2D eigenvalue weighted by Crippen LogP contribution is 2.60. The Morgan fingerprint density at radius 1 is 1.05 bits per heavy atom. The molecule has 0 aromatic heterocycles. The Morgan fingerprint density at radius 3 is 2.54 bits per heavy atom. The molecular formula is C27H35NO9. The maximum atomic E-state index is 12.7. The van der Waals surface area contributed by atoms with Gasteiger partial charge in [-0.1, -0.05) is 26.0 Å². The molecule has 0 radical (unpaired) electrons. The van der Waals surface area contributed by atoms with Crippen LogP contribution in [0.4, 0.5) is 0 Å². The van der Waals surface area contributed by atoms with Crippen LogP contribution >= 0.6 is 0 Å². The molecule has 6 rings (SSSR count). The zero-order valence-corrected chi connectivity index (χ0v) is 21.4. The lowest BCUT2D eigenvalue weighted by Gasteiger charge is -2.59. The lowest BCUT2D eigenvalue weighted by Crippen LogP contribution is -2.70. The molecule has 5 aliphatic rings. The number of amides is 1. The SMILES string of the molecule is C[C@H]1[C@H](OC(=O)CCC(=O)NCc2ccc(C(=O)O)cc2)O[C@H]2O[C@@]3(C)CC[C@H]4[C@@H](C)CC[C@H]1[C@]24OO3. The molecule has 2 N–H and O–H groups in total. The second-order valence-corrected chi connectivity index (χ2v) is 11.0. The number of fused-ring (bicyclic) bond motifs is 2. The molecule has 202 valence electrons. The zero-order valence-electron chi connectivity index (χ0n) is 21.4. The highest BCUT2D eigenvalue weighted by Gasteiger charge is 2.69. The van der Waals surface area contributed by atoms with E-state index < -0.39 is 35.9 Å². The van der Waals surface area contributed by atoms with Gasteiger partial charge in [-0.3, -0.25) is 9.59 Å². The van der Waals surface area contributed by atoms with E-state index in [1.54, 1.807) is 12.1 Å². The highest BCUT2D eigenvalue weighted by molar-refractivity contribution is 5.87. The quantitative estimate of drug-likeness (QED) is 0.412. The Hall–Kier alpha value is -2.53. The molecule has 1 aromatic rings. The number of hydrogen-bond acceptors (Lipinski definition) is 8. The van der Waals surface area contributed by atoms with E-state index in [4.69, 9.17) is 29.1 Å². The summed E-state index contributed by atoms with van der Waals surface area (Å²) in [6.07, 6.45) is 1.95. The van der Waals surface area contributed by atoms with E-state index in [9.17, 15) is 14.4 Å². The second-order valence-electron chi connectivity index (χ2n) is 11.0. The van der Waals surface area contributed by atoms with Gasteiger partial charge in [0, 0.05) is 31.2 Å². The number of hydrogen-bond donors (Lipinski definition) is 2. The van der Waals surface area contributed by atoms with Crippen LogP contribution in [0.25, 0.3) is 0 Å². The Labute approximate surface area is 215 Å². The molecular weight excluding hydrogens is 482 g/mol. The molecule has 5 fully saturated rings. The fraction of sp³-hybridized carbons (Fsp3) is 0.667. The van der Waals surface area contributed by atoms with Crippen LogP contribution in [0, 0.1) is 23.7 Å². The highest BCUT2D eigenvalue weighted by atomic mass is 17.3. The third-order valence-electron chi connectivity index (χ3n) is 8.59. The van der Waals surface area contributed by atoms with Crippen molar-refractivity contribution in [3.8, 4) is 0 Å². The van der Waals surface area contributed by atoms with Crippen LogP contribution in [0.3, 0.4) is 0 Å². The van der Waals surface area contributed by atoms with E-state index in [-0.39, 0.29) is 48.6 Å². The van der Waals surface area contributed by atoms with Crippen LogP contribution in [-0.2, 0) is 40.1 Å².